The van der Waals surface area contributed by atoms with Crippen LogP contribution < -0.4 is 5.56 Å². The highest BCUT2D eigenvalue weighted by atomic mass is 79.9. The van der Waals surface area contributed by atoms with Gasteiger partial charge >= 0.3 is 12.1 Å². The predicted octanol–water partition coefficient (Wildman–Crippen LogP) is 3.30. The van der Waals surface area contributed by atoms with E-state index in [0.29, 0.717) is 0 Å². The summed E-state index contributed by atoms with van der Waals surface area (Å²) in [6.45, 7) is 4.42. The van der Waals surface area contributed by atoms with Crippen molar-refractivity contribution in [1.29, 1.82) is 0 Å². The molecule has 1 heterocycles. The van der Waals surface area contributed by atoms with E-state index in [1.54, 1.807) is 6.92 Å². The van der Waals surface area contributed by atoms with Crippen molar-refractivity contribution in [3.63, 3.8) is 0 Å². The molecule has 0 radical (unpaired) electrons. The summed E-state index contributed by atoms with van der Waals surface area (Å²) in [7, 11) is 0. The molecule has 0 fully saturated rings. The number of aromatic nitrogens is 2. The Morgan fingerprint density at radius 2 is 2.04 bits per heavy atom. The van der Waals surface area contributed by atoms with Gasteiger partial charge in [0.15, 0.2) is 0 Å². The number of benzene rings is 1. The second-order valence-electron chi connectivity index (χ2n) is 4.80. The quantitative estimate of drug-likeness (QED) is 0.733. The fourth-order valence-corrected chi connectivity index (χ4v) is 2.55. The molecule has 0 saturated carbocycles. The van der Waals surface area contributed by atoms with Gasteiger partial charge in [0.05, 0.1) is 17.6 Å². The average molecular weight is 405 g/mol. The number of rotatable bonds is 4. The predicted molar refractivity (Wildman–Crippen MR) is 85.4 cm³/mol. The van der Waals surface area contributed by atoms with E-state index in [1.165, 1.54) is 12.1 Å². The number of ether oxygens (including phenoxy) is 1. The van der Waals surface area contributed by atoms with Crippen LogP contribution in [0, 0.1) is 0 Å². The van der Waals surface area contributed by atoms with Crippen molar-refractivity contribution in [2.24, 2.45) is 0 Å². The van der Waals surface area contributed by atoms with E-state index >= 15 is 0 Å². The number of fused-ring (bicyclic) bond motifs is 1. The largest absolute Gasteiger partial charge is 0.465 e. The molecule has 0 aliphatic heterocycles. The summed E-state index contributed by atoms with van der Waals surface area (Å²) >= 11 is 3.11. The molecule has 0 aliphatic rings. The number of carbonyl (C=O) groups excluding carboxylic acids is 1. The highest BCUT2D eigenvalue weighted by Gasteiger charge is 2.33. The Morgan fingerprint density at radius 3 is 2.62 bits per heavy atom. The highest BCUT2D eigenvalue weighted by molar-refractivity contribution is 9.10. The summed E-state index contributed by atoms with van der Waals surface area (Å²) in [6.07, 6.45) is -4.58. The normalized spacial score (nSPS) is 11.5. The van der Waals surface area contributed by atoms with E-state index in [4.69, 9.17) is 4.74 Å². The van der Waals surface area contributed by atoms with Gasteiger partial charge in [-0.1, -0.05) is 12.6 Å². The number of hydrogen-bond acceptors (Lipinski definition) is 4. The maximum Gasteiger partial charge on any atom is 0.416 e. The minimum Gasteiger partial charge on any atom is -0.465 e. The molecule has 1 aromatic heterocycles. The van der Waals surface area contributed by atoms with E-state index in [2.05, 4.69) is 27.6 Å². The second kappa shape index (κ2) is 6.76. The van der Waals surface area contributed by atoms with Gasteiger partial charge in [-0.25, -0.2) is 4.68 Å². The fourth-order valence-electron chi connectivity index (χ4n) is 2.03. The molecule has 0 unspecified atom stereocenters. The van der Waals surface area contributed by atoms with Gasteiger partial charge in [-0.15, -0.1) is 0 Å². The number of halogens is 4. The lowest BCUT2D eigenvalue weighted by molar-refractivity contribution is -0.144. The number of nitrogens with zero attached hydrogens (tertiary/aromatic N) is 2. The minimum atomic E-state index is -4.58. The van der Waals surface area contributed by atoms with E-state index in [0.717, 1.165) is 10.7 Å². The van der Waals surface area contributed by atoms with Crippen LogP contribution >= 0.6 is 15.9 Å². The van der Waals surface area contributed by atoms with Crippen molar-refractivity contribution >= 4 is 38.2 Å². The van der Waals surface area contributed by atoms with Crippen LogP contribution in [-0.2, 0) is 16.1 Å². The van der Waals surface area contributed by atoms with Crippen LogP contribution in [0.1, 0.15) is 12.5 Å². The van der Waals surface area contributed by atoms with Gasteiger partial charge in [0.25, 0.3) is 5.56 Å². The smallest absolute Gasteiger partial charge is 0.416 e. The first-order valence-corrected chi connectivity index (χ1v) is 7.57. The molecular weight excluding hydrogens is 393 g/mol. The van der Waals surface area contributed by atoms with Gasteiger partial charge < -0.3 is 4.74 Å². The van der Waals surface area contributed by atoms with Gasteiger partial charge in [-0.05, 0) is 40.5 Å². The van der Waals surface area contributed by atoms with Crippen LogP contribution in [0.4, 0.5) is 13.2 Å². The molecule has 2 aromatic rings. The molecule has 5 nitrogen and oxygen atoms in total. The third kappa shape index (κ3) is 3.66. The standard InChI is InChI=1S/C15H12BrF3N2O3/c1-3-24-12(22)7-21-14(23)10-5-4-9(8(2)15(17,18)19)6-11(10)13(16)20-21/h4-6H,2-3,7H2,1H3. The second-order valence-corrected chi connectivity index (χ2v) is 5.55. The Bertz CT molecular complexity index is 875. The lowest BCUT2D eigenvalue weighted by Gasteiger charge is -2.12. The maximum absolute atomic E-state index is 12.8. The Morgan fingerprint density at radius 1 is 1.38 bits per heavy atom. The third-order valence-corrected chi connectivity index (χ3v) is 3.78. The van der Waals surface area contributed by atoms with Crippen molar-refractivity contribution in [2.45, 2.75) is 19.6 Å². The molecule has 2 rings (SSSR count). The lowest BCUT2D eigenvalue weighted by Crippen LogP contribution is -2.28. The van der Waals surface area contributed by atoms with E-state index in [1.807, 2.05) is 0 Å². The number of hydrogen-bond donors (Lipinski definition) is 0. The summed E-state index contributed by atoms with van der Waals surface area (Å²) < 4.78 is 44.0. The van der Waals surface area contributed by atoms with Crippen LogP contribution in [0.25, 0.3) is 16.3 Å². The number of allylic oxidation sites excluding steroid dienone is 1. The molecule has 0 amide bonds. The van der Waals surface area contributed by atoms with Crippen LogP contribution in [0.15, 0.2) is 34.2 Å². The van der Waals surface area contributed by atoms with E-state index in [9.17, 15) is 22.8 Å². The molecular formula is C15H12BrF3N2O3. The first-order chi connectivity index (χ1) is 11.1. The van der Waals surface area contributed by atoms with Crippen LogP contribution in [0.5, 0.6) is 0 Å². The van der Waals surface area contributed by atoms with Crippen LogP contribution in [0.2, 0.25) is 0 Å². The molecule has 0 spiro atoms. The molecule has 128 valence electrons. The molecule has 0 bridgehead atoms. The summed E-state index contributed by atoms with van der Waals surface area (Å²) in [4.78, 5) is 23.8. The van der Waals surface area contributed by atoms with Crippen molar-refractivity contribution in [2.75, 3.05) is 6.61 Å². The summed E-state index contributed by atoms with van der Waals surface area (Å²) in [5, 5.41) is 4.22. The lowest BCUT2D eigenvalue weighted by atomic mass is 10.0. The Kier molecular flexibility index (Phi) is 5.12. The zero-order valence-electron chi connectivity index (χ0n) is 12.5. The van der Waals surface area contributed by atoms with Gasteiger partial charge in [-0.3, -0.25) is 9.59 Å². The summed E-state index contributed by atoms with van der Waals surface area (Å²) in [5.41, 5.74) is -1.79. The Hall–Kier alpha value is -2.16. The van der Waals surface area contributed by atoms with Crippen molar-refractivity contribution in [3.8, 4) is 0 Å². The van der Waals surface area contributed by atoms with Gasteiger partial charge in [0, 0.05) is 5.39 Å². The van der Waals surface area contributed by atoms with E-state index < -0.39 is 29.8 Å². The summed E-state index contributed by atoms with van der Waals surface area (Å²) in [5.74, 6) is -0.639. The maximum atomic E-state index is 12.8. The molecule has 0 N–H and O–H groups in total. The van der Waals surface area contributed by atoms with Crippen LogP contribution in [-0.4, -0.2) is 28.5 Å². The topological polar surface area (TPSA) is 61.2 Å². The Balaban J connectivity index is 2.53. The zero-order chi connectivity index (χ0) is 18.1. The van der Waals surface area contributed by atoms with Gasteiger partial charge in [-0.2, -0.15) is 18.3 Å². The molecule has 0 saturated heterocycles. The van der Waals surface area contributed by atoms with Crippen molar-refractivity contribution < 1.29 is 22.7 Å². The number of esters is 1. The van der Waals surface area contributed by atoms with Gasteiger partial charge in [0.2, 0.25) is 0 Å². The molecule has 24 heavy (non-hydrogen) atoms. The van der Waals surface area contributed by atoms with Crippen LogP contribution in [0.3, 0.4) is 0 Å². The SMILES string of the molecule is C=C(c1ccc2c(=O)n(CC(=O)OCC)nc(Br)c2c1)C(F)(F)F. The third-order valence-electron chi connectivity index (χ3n) is 3.19. The zero-order valence-corrected chi connectivity index (χ0v) is 14.1. The monoisotopic (exact) mass is 404 g/mol. The molecule has 1 aromatic carbocycles. The summed E-state index contributed by atoms with van der Waals surface area (Å²) in [6, 6.07) is 3.58. The Labute approximate surface area is 142 Å². The van der Waals surface area contributed by atoms with Crippen molar-refractivity contribution in [3.05, 3.63) is 45.3 Å². The molecule has 0 aliphatic carbocycles. The highest BCUT2D eigenvalue weighted by Crippen LogP contribution is 2.34. The first-order valence-electron chi connectivity index (χ1n) is 6.77. The first kappa shape index (κ1) is 18.2. The molecule has 0 atom stereocenters. The fraction of sp³-hybridized carbons (Fsp3) is 0.267. The minimum absolute atomic E-state index is 0.125. The average Bonchev–Trinajstić information content (AvgIpc) is 2.50. The number of carbonyl (C=O) groups is 1. The molecule has 9 heteroatoms. The van der Waals surface area contributed by atoms with Gasteiger partial charge in [0.1, 0.15) is 11.1 Å². The van der Waals surface area contributed by atoms with Crippen molar-refractivity contribution in [1.82, 2.24) is 9.78 Å². The van der Waals surface area contributed by atoms with E-state index in [-0.39, 0.29) is 27.5 Å². The number of alkyl halides is 3.